The third-order valence-electron chi connectivity index (χ3n) is 3.82. The van der Waals surface area contributed by atoms with Gasteiger partial charge in [-0.1, -0.05) is 41.9 Å². The maximum absolute atomic E-state index is 7.78. The number of halogens is 1. The zero-order valence-corrected chi connectivity index (χ0v) is 13.3. The van der Waals surface area contributed by atoms with Crippen LogP contribution in [0, 0.1) is 12.3 Å². The molecule has 0 bridgehead atoms. The van der Waals surface area contributed by atoms with E-state index in [9.17, 15) is 0 Å². The maximum atomic E-state index is 7.78. The SMILES string of the molecule is Cc1cccc(C(=N)N)c1N(C)C(C)c1ccccc1Cl. The van der Waals surface area contributed by atoms with Crippen molar-refractivity contribution in [3.05, 3.63) is 64.2 Å². The van der Waals surface area contributed by atoms with E-state index in [1.54, 1.807) is 0 Å². The van der Waals surface area contributed by atoms with Crippen molar-refractivity contribution in [1.29, 1.82) is 5.41 Å². The Hall–Kier alpha value is -2.00. The molecule has 110 valence electrons. The van der Waals surface area contributed by atoms with Crippen LogP contribution in [-0.2, 0) is 0 Å². The van der Waals surface area contributed by atoms with Gasteiger partial charge >= 0.3 is 0 Å². The third kappa shape index (κ3) is 3.03. The summed E-state index contributed by atoms with van der Waals surface area (Å²) in [5.41, 5.74) is 9.58. The van der Waals surface area contributed by atoms with Crippen LogP contribution in [0.3, 0.4) is 0 Å². The van der Waals surface area contributed by atoms with E-state index in [4.69, 9.17) is 22.7 Å². The molecule has 0 heterocycles. The van der Waals surface area contributed by atoms with Gasteiger partial charge in [-0.2, -0.15) is 0 Å². The Bertz CT molecular complexity index is 667. The van der Waals surface area contributed by atoms with Crippen LogP contribution in [0.1, 0.15) is 29.7 Å². The molecule has 1 unspecified atom stereocenters. The van der Waals surface area contributed by atoms with Crippen molar-refractivity contribution in [3.63, 3.8) is 0 Å². The lowest BCUT2D eigenvalue weighted by molar-refractivity contribution is 0.737. The first-order valence-electron chi connectivity index (χ1n) is 6.84. The summed E-state index contributed by atoms with van der Waals surface area (Å²) in [6.07, 6.45) is 0. The first-order valence-corrected chi connectivity index (χ1v) is 7.22. The van der Waals surface area contributed by atoms with E-state index in [1.807, 2.05) is 56.4 Å². The fraction of sp³-hybridized carbons (Fsp3) is 0.235. The number of nitrogens with zero attached hydrogens (tertiary/aromatic N) is 1. The zero-order chi connectivity index (χ0) is 15.6. The molecule has 3 nitrogen and oxygen atoms in total. The van der Waals surface area contributed by atoms with E-state index < -0.39 is 0 Å². The number of anilines is 1. The highest BCUT2D eigenvalue weighted by atomic mass is 35.5. The molecule has 0 aliphatic rings. The van der Waals surface area contributed by atoms with Gasteiger partial charge in [-0.3, -0.25) is 5.41 Å². The number of aryl methyl sites for hydroxylation is 1. The van der Waals surface area contributed by atoms with E-state index in [0.29, 0.717) is 0 Å². The molecule has 0 saturated heterocycles. The van der Waals surface area contributed by atoms with E-state index >= 15 is 0 Å². The van der Waals surface area contributed by atoms with Crippen LogP contribution in [0.5, 0.6) is 0 Å². The number of nitrogen functional groups attached to an aromatic ring is 1. The Balaban J connectivity index is 2.48. The van der Waals surface area contributed by atoms with Gasteiger partial charge in [0, 0.05) is 17.6 Å². The summed E-state index contributed by atoms with van der Waals surface area (Å²) < 4.78 is 0. The van der Waals surface area contributed by atoms with Crippen molar-refractivity contribution < 1.29 is 0 Å². The largest absolute Gasteiger partial charge is 0.384 e. The molecule has 0 aliphatic carbocycles. The molecule has 0 radical (unpaired) electrons. The van der Waals surface area contributed by atoms with Gasteiger partial charge in [-0.05, 0) is 37.1 Å². The number of hydrogen-bond donors (Lipinski definition) is 2. The lowest BCUT2D eigenvalue weighted by Gasteiger charge is -2.31. The molecule has 0 spiro atoms. The highest BCUT2D eigenvalue weighted by Crippen LogP contribution is 2.33. The first kappa shape index (κ1) is 15.4. The van der Waals surface area contributed by atoms with Crippen molar-refractivity contribution in [3.8, 4) is 0 Å². The lowest BCUT2D eigenvalue weighted by Crippen LogP contribution is -2.26. The van der Waals surface area contributed by atoms with Crippen molar-refractivity contribution in [2.75, 3.05) is 11.9 Å². The van der Waals surface area contributed by atoms with Crippen LogP contribution < -0.4 is 10.6 Å². The summed E-state index contributed by atoms with van der Waals surface area (Å²) >= 11 is 6.30. The maximum Gasteiger partial charge on any atom is 0.124 e. The number of nitrogens with one attached hydrogen (secondary N) is 1. The molecule has 1 atom stereocenters. The predicted molar refractivity (Wildman–Crippen MR) is 90.5 cm³/mol. The van der Waals surface area contributed by atoms with Gasteiger partial charge < -0.3 is 10.6 Å². The number of amidine groups is 1. The smallest absolute Gasteiger partial charge is 0.124 e. The van der Waals surface area contributed by atoms with Crippen LogP contribution in [-0.4, -0.2) is 12.9 Å². The van der Waals surface area contributed by atoms with Crippen LogP contribution in [0.2, 0.25) is 5.02 Å². The van der Waals surface area contributed by atoms with Gasteiger partial charge in [0.15, 0.2) is 0 Å². The topological polar surface area (TPSA) is 53.1 Å². The fourth-order valence-electron chi connectivity index (χ4n) is 2.56. The van der Waals surface area contributed by atoms with E-state index in [2.05, 4.69) is 11.8 Å². The summed E-state index contributed by atoms with van der Waals surface area (Å²) in [6, 6.07) is 13.7. The Morgan fingerprint density at radius 2 is 1.86 bits per heavy atom. The van der Waals surface area contributed by atoms with E-state index in [-0.39, 0.29) is 11.9 Å². The van der Waals surface area contributed by atoms with Crippen LogP contribution in [0.25, 0.3) is 0 Å². The summed E-state index contributed by atoms with van der Waals surface area (Å²) in [6.45, 7) is 4.12. The number of para-hydroxylation sites is 1. The molecule has 3 N–H and O–H groups in total. The highest BCUT2D eigenvalue weighted by Gasteiger charge is 2.19. The number of hydrogen-bond acceptors (Lipinski definition) is 2. The molecule has 0 fully saturated rings. The zero-order valence-electron chi connectivity index (χ0n) is 12.5. The summed E-state index contributed by atoms with van der Waals surface area (Å²) in [7, 11) is 2.00. The molecule has 2 aromatic rings. The molecule has 0 amide bonds. The highest BCUT2D eigenvalue weighted by molar-refractivity contribution is 6.31. The molecule has 0 aliphatic heterocycles. The van der Waals surface area contributed by atoms with Gasteiger partial charge in [0.25, 0.3) is 0 Å². The average molecular weight is 302 g/mol. The van der Waals surface area contributed by atoms with Crippen LogP contribution in [0.15, 0.2) is 42.5 Å². The van der Waals surface area contributed by atoms with Crippen molar-refractivity contribution in [2.45, 2.75) is 19.9 Å². The minimum absolute atomic E-state index is 0.0758. The van der Waals surface area contributed by atoms with Crippen molar-refractivity contribution >= 4 is 23.1 Å². The normalized spacial score (nSPS) is 12.0. The quantitative estimate of drug-likeness (QED) is 0.659. The summed E-state index contributed by atoms with van der Waals surface area (Å²) in [5, 5.41) is 8.52. The molecule has 0 saturated carbocycles. The van der Waals surface area contributed by atoms with Gasteiger partial charge in [0.1, 0.15) is 5.84 Å². The molecular weight excluding hydrogens is 282 g/mol. The minimum Gasteiger partial charge on any atom is -0.384 e. The Labute approximate surface area is 130 Å². The molecule has 2 rings (SSSR count). The predicted octanol–water partition coefficient (Wildman–Crippen LogP) is 4.13. The fourth-order valence-corrected chi connectivity index (χ4v) is 2.85. The number of rotatable bonds is 4. The van der Waals surface area contributed by atoms with E-state index in [1.165, 1.54) is 0 Å². The third-order valence-corrected chi connectivity index (χ3v) is 4.16. The van der Waals surface area contributed by atoms with Gasteiger partial charge in [-0.25, -0.2) is 0 Å². The van der Waals surface area contributed by atoms with Crippen LogP contribution in [0.4, 0.5) is 5.69 Å². The molecular formula is C17H20ClN3. The lowest BCUT2D eigenvalue weighted by atomic mass is 10.0. The Morgan fingerprint density at radius 3 is 2.48 bits per heavy atom. The molecule has 2 aromatic carbocycles. The summed E-state index contributed by atoms with van der Waals surface area (Å²) in [5.74, 6) is 0.0758. The standard InChI is InChI=1S/C17H20ClN3/c1-11-7-6-9-14(17(19)20)16(11)21(3)12(2)13-8-4-5-10-15(13)18/h4-10,12H,1-3H3,(H3,19,20). The minimum atomic E-state index is 0.0758. The van der Waals surface area contributed by atoms with Gasteiger partial charge in [0.05, 0.1) is 11.7 Å². The van der Waals surface area contributed by atoms with Crippen molar-refractivity contribution in [2.24, 2.45) is 5.73 Å². The second-order valence-electron chi connectivity index (χ2n) is 5.19. The van der Waals surface area contributed by atoms with Gasteiger partial charge in [-0.15, -0.1) is 0 Å². The average Bonchev–Trinajstić information content (AvgIpc) is 2.46. The second kappa shape index (κ2) is 6.19. The molecule has 0 aromatic heterocycles. The number of benzene rings is 2. The monoisotopic (exact) mass is 301 g/mol. The Kier molecular flexibility index (Phi) is 4.53. The second-order valence-corrected chi connectivity index (χ2v) is 5.60. The Morgan fingerprint density at radius 1 is 1.19 bits per heavy atom. The molecule has 4 heteroatoms. The summed E-state index contributed by atoms with van der Waals surface area (Å²) in [4.78, 5) is 2.12. The van der Waals surface area contributed by atoms with Crippen molar-refractivity contribution in [1.82, 2.24) is 0 Å². The number of nitrogens with two attached hydrogens (primary N) is 1. The molecule has 21 heavy (non-hydrogen) atoms. The first-order chi connectivity index (χ1) is 9.93. The van der Waals surface area contributed by atoms with Gasteiger partial charge in [0.2, 0.25) is 0 Å². The van der Waals surface area contributed by atoms with Crippen LogP contribution >= 0.6 is 11.6 Å². The van der Waals surface area contributed by atoms with E-state index in [0.717, 1.165) is 27.4 Å².